The fourth-order valence-corrected chi connectivity index (χ4v) is 6.19. The summed E-state index contributed by atoms with van der Waals surface area (Å²) in [5.74, 6) is 1.64. The Morgan fingerprint density at radius 2 is 2.14 bits per heavy atom. The van der Waals surface area contributed by atoms with E-state index in [0.717, 1.165) is 25.2 Å². The first kappa shape index (κ1) is 12.4. The lowest BCUT2D eigenvalue weighted by Crippen LogP contribution is -2.43. The first-order valence-corrected chi connectivity index (χ1v) is 8.40. The van der Waals surface area contributed by atoms with E-state index in [9.17, 15) is 9.90 Å². The van der Waals surface area contributed by atoms with E-state index in [1.54, 1.807) is 0 Å². The molecule has 0 aliphatic heterocycles. The summed E-state index contributed by atoms with van der Waals surface area (Å²) < 4.78 is 0. The van der Waals surface area contributed by atoms with E-state index < -0.39 is 0 Å². The minimum Gasteiger partial charge on any atom is -0.392 e. The molecule has 1 spiro atoms. The topological polar surface area (TPSA) is 37.3 Å². The molecule has 2 fully saturated rings. The van der Waals surface area contributed by atoms with Gasteiger partial charge in [0.15, 0.2) is 5.78 Å². The first-order chi connectivity index (χ1) is 10.1. The van der Waals surface area contributed by atoms with E-state index in [-0.39, 0.29) is 11.5 Å². The summed E-state index contributed by atoms with van der Waals surface area (Å²) in [5, 5.41) is 10.5. The number of rotatable bonds is 0. The number of ketones is 1. The van der Waals surface area contributed by atoms with Crippen molar-refractivity contribution in [2.75, 3.05) is 0 Å². The van der Waals surface area contributed by atoms with E-state index in [2.05, 4.69) is 19.1 Å². The predicted octanol–water partition coefficient (Wildman–Crippen LogP) is 3.33. The smallest absolute Gasteiger partial charge is 0.156 e. The number of hydrogen-bond donors (Lipinski definition) is 1. The van der Waals surface area contributed by atoms with Crippen LogP contribution in [0.5, 0.6) is 0 Å². The van der Waals surface area contributed by atoms with Crippen molar-refractivity contribution in [3.05, 3.63) is 34.9 Å². The Morgan fingerprint density at radius 1 is 1.29 bits per heavy atom. The number of fused-ring (bicyclic) bond motifs is 2. The Kier molecular flexibility index (Phi) is 2.13. The van der Waals surface area contributed by atoms with E-state index in [0.29, 0.717) is 23.5 Å². The standard InChI is InChI=1S/C19H22O2/c1-18-7-6-15-14-4-3-13(20)8-11(14)2-5-16(15)19(18)10-12(19)9-17(18)21/h6-8,12,16-17,21H,2-5,9-10H2,1H3/t12-,16-,17+,18-,19+/m1/s1. The Balaban J connectivity index is 1.69. The van der Waals surface area contributed by atoms with E-state index in [1.165, 1.54) is 29.6 Å². The molecule has 5 atom stereocenters. The summed E-state index contributed by atoms with van der Waals surface area (Å²) >= 11 is 0. The van der Waals surface area contributed by atoms with Crippen molar-refractivity contribution in [1.82, 2.24) is 0 Å². The fourth-order valence-electron chi connectivity index (χ4n) is 6.19. The molecule has 0 radical (unpaired) electrons. The van der Waals surface area contributed by atoms with Crippen LogP contribution in [0, 0.1) is 22.7 Å². The molecule has 0 heterocycles. The number of aliphatic hydroxyl groups excluding tert-OH is 1. The van der Waals surface area contributed by atoms with Gasteiger partial charge in [-0.15, -0.1) is 0 Å². The molecule has 1 N–H and O–H groups in total. The molecule has 5 rings (SSSR count). The molecule has 0 bridgehead atoms. The fraction of sp³-hybridized carbons (Fsp3) is 0.632. The van der Waals surface area contributed by atoms with Gasteiger partial charge in [-0.1, -0.05) is 19.1 Å². The lowest BCUT2D eigenvalue weighted by atomic mass is 9.57. The molecule has 0 saturated heterocycles. The highest BCUT2D eigenvalue weighted by Gasteiger charge is 2.75. The van der Waals surface area contributed by atoms with Crippen LogP contribution < -0.4 is 0 Å². The Morgan fingerprint density at radius 3 is 3.00 bits per heavy atom. The van der Waals surface area contributed by atoms with Gasteiger partial charge in [-0.2, -0.15) is 0 Å². The number of allylic oxidation sites excluding steroid dienone is 5. The number of aliphatic hydroxyl groups is 1. The van der Waals surface area contributed by atoms with Gasteiger partial charge in [0.1, 0.15) is 0 Å². The quantitative estimate of drug-likeness (QED) is 0.740. The zero-order valence-electron chi connectivity index (χ0n) is 12.6. The van der Waals surface area contributed by atoms with Gasteiger partial charge in [-0.05, 0) is 72.2 Å². The van der Waals surface area contributed by atoms with Gasteiger partial charge in [0.05, 0.1) is 6.10 Å². The molecule has 0 aromatic carbocycles. The summed E-state index contributed by atoms with van der Waals surface area (Å²) in [4.78, 5) is 11.7. The maximum atomic E-state index is 11.7. The number of carbonyl (C=O) groups is 1. The minimum atomic E-state index is -0.163. The van der Waals surface area contributed by atoms with Gasteiger partial charge in [0.2, 0.25) is 0 Å². The van der Waals surface area contributed by atoms with Crippen LogP contribution in [0.1, 0.15) is 45.4 Å². The van der Waals surface area contributed by atoms with Crippen molar-refractivity contribution < 1.29 is 9.90 Å². The van der Waals surface area contributed by atoms with Crippen LogP contribution >= 0.6 is 0 Å². The first-order valence-electron chi connectivity index (χ1n) is 8.40. The van der Waals surface area contributed by atoms with Crippen LogP contribution in [0.3, 0.4) is 0 Å². The SMILES string of the molecule is C[C@]12C=CC3=C4CCC(=O)C=C4CC[C@H]3[C@@]13C[C@H]3C[C@@H]2O. The van der Waals surface area contributed by atoms with Crippen LogP contribution in [0.15, 0.2) is 34.9 Å². The molecule has 0 aromatic rings. The molecular formula is C19H22O2. The summed E-state index contributed by atoms with van der Waals surface area (Å²) in [5.41, 5.74) is 4.59. The Bertz CT molecular complexity index is 652. The van der Waals surface area contributed by atoms with Crippen molar-refractivity contribution in [1.29, 1.82) is 0 Å². The van der Waals surface area contributed by atoms with E-state index >= 15 is 0 Å². The maximum absolute atomic E-state index is 11.7. The van der Waals surface area contributed by atoms with E-state index in [1.807, 2.05) is 6.08 Å². The van der Waals surface area contributed by atoms with Gasteiger partial charge in [-0.3, -0.25) is 4.79 Å². The van der Waals surface area contributed by atoms with Crippen molar-refractivity contribution in [2.24, 2.45) is 22.7 Å². The highest BCUT2D eigenvalue weighted by atomic mass is 16.3. The zero-order valence-corrected chi connectivity index (χ0v) is 12.6. The third kappa shape index (κ3) is 1.27. The van der Waals surface area contributed by atoms with Crippen molar-refractivity contribution in [2.45, 2.75) is 51.6 Å². The lowest BCUT2D eigenvalue weighted by molar-refractivity contribution is -0.114. The largest absolute Gasteiger partial charge is 0.392 e. The molecule has 5 aliphatic carbocycles. The molecule has 2 heteroatoms. The number of hydrogen-bond acceptors (Lipinski definition) is 2. The molecule has 5 aliphatic rings. The predicted molar refractivity (Wildman–Crippen MR) is 80.5 cm³/mol. The number of carbonyl (C=O) groups excluding carboxylic acids is 1. The molecule has 0 unspecified atom stereocenters. The molecule has 0 amide bonds. The van der Waals surface area contributed by atoms with Gasteiger partial charge in [0, 0.05) is 11.8 Å². The highest BCUT2D eigenvalue weighted by Crippen LogP contribution is 2.79. The van der Waals surface area contributed by atoms with Crippen LogP contribution in [0.2, 0.25) is 0 Å². The molecule has 110 valence electrons. The zero-order chi connectivity index (χ0) is 14.4. The summed E-state index contributed by atoms with van der Waals surface area (Å²) in [7, 11) is 0. The van der Waals surface area contributed by atoms with Gasteiger partial charge in [0.25, 0.3) is 0 Å². The van der Waals surface area contributed by atoms with Crippen molar-refractivity contribution in [3.63, 3.8) is 0 Å². The van der Waals surface area contributed by atoms with Crippen LogP contribution in [-0.2, 0) is 4.79 Å². The lowest BCUT2D eigenvalue weighted by Gasteiger charge is -2.47. The van der Waals surface area contributed by atoms with Crippen molar-refractivity contribution in [3.8, 4) is 0 Å². The Labute approximate surface area is 125 Å². The average molecular weight is 282 g/mol. The minimum absolute atomic E-state index is 0.0158. The molecule has 21 heavy (non-hydrogen) atoms. The second-order valence-electron chi connectivity index (χ2n) is 7.97. The highest BCUT2D eigenvalue weighted by molar-refractivity contribution is 5.93. The third-order valence-corrected chi connectivity index (χ3v) is 7.36. The average Bonchev–Trinajstić information content (AvgIpc) is 3.12. The van der Waals surface area contributed by atoms with Crippen LogP contribution in [0.25, 0.3) is 0 Å². The second kappa shape index (κ2) is 3.60. The van der Waals surface area contributed by atoms with Gasteiger partial charge >= 0.3 is 0 Å². The van der Waals surface area contributed by atoms with Gasteiger partial charge < -0.3 is 5.11 Å². The van der Waals surface area contributed by atoms with Crippen LogP contribution in [-0.4, -0.2) is 17.0 Å². The van der Waals surface area contributed by atoms with Gasteiger partial charge in [-0.25, -0.2) is 0 Å². The summed E-state index contributed by atoms with van der Waals surface area (Å²) in [6.45, 7) is 2.28. The third-order valence-electron chi connectivity index (χ3n) is 7.36. The second-order valence-corrected chi connectivity index (χ2v) is 7.97. The van der Waals surface area contributed by atoms with E-state index in [4.69, 9.17) is 0 Å². The molecule has 2 nitrogen and oxygen atoms in total. The maximum Gasteiger partial charge on any atom is 0.156 e. The molecule has 0 aromatic heterocycles. The molecular weight excluding hydrogens is 260 g/mol. The van der Waals surface area contributed by atoms with Crippen molar-refractivity contribution >= 4 is 5.78 Å². The normalized spacial score (nSPS) is 50.1. The van der Waals surface area contributed by atoms with Crippen LogP contribution in [0.4, 0.5) is 0 Å². The summed E-state index contributed by atoms with van der Waals surface area (Å²) in [6, 6.07) is 0. The monoisotopic (exact) mass is 282 g/mol. The Hall–Kier alpha value is -1.15. The summed E-state index contributed by atoms with van der Waals surface area (Å²) in [6.07, 6.45) is 12.5. The molecule has 2 saturated carbocycles.